The van der Waals surface area contributed by atoms with Crippen LogP contribution in [-0.2, 0) is 13.0 Å². The number of nitro groups is 1. The molecule has 2 aromatic heterocycles. The molecule has 0 amide bonds. The van der Waals surface area contributed by atoms with Crippen molar-refractivity contribution in [1.82, 2.24) is 15.0 Å². The number of halogens is 3. The Kier molecular flexibility index (Phi) is 7.28. The van der Waals surface area contributed by atoms with Gasteiger partial charge in [-0.3, -0.25) is 10.1 Å². The van der Waals surface area contributed by atoms with Gasteiger partial charge in [0, 0.05) is 24.3 Å². The topological polar surface area (TPSA) is 155 Å². The smallest absolute Gasteiger partial charge is 0.422 e. The van der Waals surface area contributed by atoms with Crippen LogP contribution < -0.4 is 21.5 Å². The Bertz CT molecular complexity index is 950. The van der Waals surface area contributed by atoms with Gasteiger partial charge in [-0.2, -0.15) is 18.2 Å². The summed E-state index contributed by atoms with van der Waals surface area (Å²) in [6.07, 6.45) is 0.510. The maximum Gasteiger partial charge on any atom is 0.422 e. The monoisotopic (exact) mass is 455 g/mol. The summed E-state index contributed by atoms with van der Waals surface area (Å²) < 4.78 is 42.2. The number of nitrogens with one attached hydrogen (secondary N) is 1. The highest BCUT2D eigenvalue weighted by Crippen LogP contribution is 2.32. The number of rotatable bonds is 8. The Labute approximate surface area is 181 Å². The van der Waals surface area contributed by atoms with E-state index in [1.807, 2.05) is 0 Å². The van der Waals surface area contributed by atoms with E-state index in [2.05, 4.69) is 20.3 Å². The van der Waals surface area contributed by atoms with Gasteiger partial charge in [-0.25, -0.2) is 9.97 Å². The van der Waals surface area contributed by atoms with Gasteiger partial charge in [0.2, 0.25) is 17.6 Å². The van der Waals surface area contributed by atoms with Gasteiger partial charge >= 0.3 is 11.9 Å². The van der Waals surface area contributed by atoms with Gasteiger partial charge in [0.1, 0.15) is 5.69 Å². The third kappa shape index (κ3) is 6.39. The summed E-state index contributed by atoms with van der Waals surface area (Å²) in [5.74, 6) is -0.252. The summed E-state index contributed by atoms with van der Waals surface area (Å²) in [6.45, 7) is -1.50. The van der Waals surface area contributed by atoms with Crippen LogP contribution in [0, 0.1) is 16.0 Å². The average Bonchev–Trinajstić information content (AvgIpc) is 2.72. The Morgan fingerprint density at radius 1 is 1.25 bits per heavy atom. The van der Waals surface area contributed by atoms with E-state index >= 15 is 0 Å². The zero-order valence-electron chi connectivity index (χ0n) is 17.1. The normalized spacial score (nSPS) is 18.9. The zero-order chi connectivity index (χ0) is 23.3. The first-order valence-electron chi connectivity index (χ1n) is 10.1. The fourth-order valence-electron chi connectivity index (χ4n) is 3.62. The third-order valence-electron chi connectivity index (χ3n) is 5.20. The number of nitrogens with two attached hydrogens (primary N) is 2. The predicted molar refractivity (Wildman–Crippen MR) is 110 cm³/mol. The van der Waals surface area contributed by atoms with E-state index in [0.29, 0.717) is 12.0 Å². The molecule has 2 aromatic rings. The van der Waals surface area contributed by atoms with Gasteiger partial charge in [0.15, 0.2) is 6.61 Å². The summed E-state index contributed by atoms with van der Waals surface area (Å²) in [4.78, 5) is 23.0. The van der Waals surface area contributed by atoms with E-state index in [-0.39, 0.29) is 47.5 Å². The summed E-state index contributed by atoms with van der Waals surface area (Å²) in [7, 11) is 0. The first-order chi connectivity index (χ1) is 15.1. The molecule has 5 N–H and O–H groups in total. The van der Waals surface area contributed by atoms with Gasteiger partial charge in [0.25, 0.3) is 0 Å². The maximum atomic E-state index is 12.5. The van der Waals surface area contributed by atoms with Crippen molar-refractivity contribution >= 4 is 17.5 Å². The second-order valence-electron chi connectivity index (χ2n) is 7.69. The molecule has 1 fully saturated rings. The number of pyridine rings is 1. The van der Waals surface area contributed by atoms with Gasteiger partial charge in [-0.1, -0.05) is 6.07 Å². The van der Waals surface area contributed by atoms with Gasteiger partial charge in [-0.05, 0) is 44.1 Å². The molecule has 1 saturated carbocycles. The van der Waals surface area contributed by atoms with Crippen molar-refractivity contribution in [2.24, 2.45) is 11.7 Å². The highest BCUT2D eigenvalue weighted by molar-refractivity contribution is 5.58. The number of nitrogen functional groups attached to an aromatic ring is 1. The van der Waals surface area contributed by atoms with Crippen LogP contribution in [0.25, 0.3) is 0 Å². The van der Waals surface area contributed by atoms with Crippen molar-refractivity contribution in [1.29, 1.82) is 0 Å². The number of ether oxygens (including phenoxy) is 1. The molecule has 0 spiro atoms. The lowest BCUT2D eigenvalue weighted by Crippen LogP contribution is -2.27. The molecule has 2 heterocycles. The number of aromatic nitrogens is 3. The molecule has 3 rings (SSSR count). The van der Waals surface area contributed by atoms with Crippen molar-refractivity contribution in [2.75, 3.05) is 17.7 Å². The Hall–Kier alpha value is -3.22. The van der Waals surface area contributed by atoms with Crippen LogP contribution in [0.1, 0.15) is 36.9 Å². The predicted octanol–water partition coefficient (Wildman–Crippen LogP) is 2.98. The minimum atomic E-state index is -4.50. The van der Waals surface area contributed by atoms with Crippen LogP contribution in [0.15, 0.2) is 18.3 Å². The SMILES string of the molecule is Nc1nc(NCc2cccnc2OCC(F)(F)F)nc(CC2CCC(N)CC2)c1[N+](=O)[O-]. The van der Waals surface area contributed by atoms with Crippen LogP contribution in [0.3, 0.4) is 0 Å². The Balaban J connectivity index is 1.76. The summed E-state index contributed by atoms with van der Waals surface area (Å²) >= 11 is 0. The van der Waals surface area contributed by atoms with Crippen LogP contribution in [0.2, 0.25) is 0 Å². The van der Waals surface area contributed by atoms with Gasteiger partial charge in [0.05, 0.1) is 4.92 Å². The van der Waals surface area contributed by atoms with E-state index in [9.17, 15) is 23.3 Å². The lowest BCUT2D eigenvalue weighted by Gasteiger charge is -2.25. The lowest BCUT2D eigenvalue weighted by atomic mass is 9.83. The summed E-state index contributed by atoms with van der Waals surface area (Å²) in [5, 5.41) is 14.4. The fraction of sp³-hybridized carbons (Fsp3) is 0.526. The Morgan fingerprint density at radius 3 is 2.62 bits per heavy atom. The van der Waals surface area contributed by atoms with Crippen LogP contribution in [0.5, 0.6) is 5.88 Å². The van der Waals surface area contributed by atoms with E-state index in [1.165, 1.54) is 12.3 Å². The molecule has 10 nitrogen and oxygen atoms in total. The van der Waals surface area contributed by atoms with E-state index in [0.717, 1.165) is 25.7 Å². The molecular formula is C19H24F3N7O3. The van der Waals surface area contributed by atoms with Crippen LogP contribution in [-0.4, -0.2) is 38.7 Å². The van der Waals surface area contributed by atoms with E-state index < -0.39 is 17.7 Å². The first kappa shape index (κ1) is 23.4. The van der Waals surface area contributed by atoms with E-state index in [4.69, 9.17) is 16.2 Å². The van der Waals surface area contributed by atoms with Crippen molar-refractivity contribution in [2.45, 2.75) is 50.9 Å². The van der Waals surface area contributed by atoms with Crippen molar-refractivity contribution < 1.29 is 22.8 Å². The quantitative estimate of drug-likeness (QED) is 0.402. The second-order valence-corrected chi connectivity index (χ2v) is 7.69. The van der Waals surface area contributed by atoms with Gasteiger partial charge in [-0.15, -0.1) is 0 Å². The van der Waals surface area contributed by atoms with Crippen LogP contribution >= 0.6 is 0 Å². The number of alkyl halides is 3. The molecule has 174 valence electrons. The molecule has 0 atom stereocenters. The molecule has 0 aromatic carbocycles. The van der Waals surface area contributed by atoms with Crippen molar-refractivity contribution in [3.8, 4) is 5.88 Å². The second kappa shape index (κ2) is 9.94. The Morgan fingerprint density at radius 2 is 1.97 bits per heavy atom. The number of hydrogen-bond acceptors (Lipinski definition) is 9. The molecule has 1 aliphatic rings. The standard InChI is InChI=1S/C19H24F3N7O3/c20-19(21,22)10-32-17-12(2-1-7-25-17)9-26-18-27-14(15(29(30)31)16(24)28-18)8-11-3-5-13(23)6-4-11/h1-2,7,11,13H,3-6,8-10,23H2,(H3,24,26,27,28). The fourth-order valence-corrected chi connectivity index (χ4v) is 3.62. The van der Waals surface area contributed by atoms with E-state index in [1.54, 1.807) is 6.07 Å². The molecule has 0 saturated heterocycles. The van der Waals surface area contributed by atoms with Crippen LogP contribution in [0.4, 0.5) is 30.6 Å². The molecule has 0 aliphatic heterocycles. The molecule has 1 aliphatic carbocycles. The summed E-state index contributed by atoms with van der Waals surface area (Å²) in [5.41, 5.74) is 12.0. The maximum absolute atomic E-state index is 12.5. The lowest BCUT2D eigenvalue weighted by molar-refractivity contribution is -0.385. The third-order valence-corrected chi connectivity index (χ3v) is 5.20. The zero-order valence-corrected chi connectivity index (χ0v) is 17.1. The highest BCUT2D eigenvalue weighted by Gasteiger charge is 2.29. The number of anilines is 2. The first-order valence-corrected chi connectivity index (χ1v) is 10.1. The minimum absolute atomic E-state index is 0.0179. The van der Waals surface area contributed by atoms with Crippen molar-refractivity contribution in [3.05, 3.63) is 39.7 Å². The molecule has 32 heavy (non-hydrogen) atoms. The molecule has 0 unspecified atom stereocenters. The molecule has 0 bridgehead atoms. The number of hydrogen-bond donors (Lipinski definition) is 3. The van der Waals surface area contributed by atoms with Gasteiger partial charge < -0.3 is 21.5 Å². The number of nitrogens with zero attached hydrogens (tertiary/aromatic N) is 4. The van der Waals surface area contributed by atoms with Crippen molar-refractivity contribution in [3.63, 3.8) is 0 Å². The minimum Gasteiger partial charge on any atom is -0.468 e. The average molecular weight is 455 g/mol. The molecule has 13 heteroatoms. The largest absolute Gasteiger partial charge is 0.468 e. The molecular weight excluding hydrogens is 431 g/mol. The molecule has 0 radical (unpaired) electrons. The highest BCUT2D eigenvalue weighted by atomic mass is 19.4. The summed E-state index contributed by atoms with van der Waals surface area (Å²) in [6, 6.07) is 3.22.